The van der Waals surface area contributed by atoms with E-state index in [4.69, 9.17) is 4.74 Å². The highest BCUT2D eigenvalue weighted by Gasteiger charge is 2.38. The summed E-state index contributed by atoms with van der Waals surface area (Å²) in [6.45, 7) is 11.3. The largest absolute Gasteiger partial charge is 0.444 e. The highest BCUT2D eigenvalue weighted by molar-refractivity contribution is 9.10. The Morgan fingerprint density at radius 2 is 1.84 bits per heavy atom. The maximum absolute atomic E-state index is 12.8. The summed E-state index contributed by atoms with van der Waals surface area (Å²) in [7, 11) is 0. The number of hydrogen-bond donors (Lipinski definition) is 1. The van der Waals surface area contributed by atoms with Gasteiger partial charge in [0.25, 0.3) is 0 Å². The van der Waals surface area contributed by atoms with Gasteiger partial charge in [0.05, 0.1) is 16.8 Å². The maximum atomic E-state index is 12.8. The first kappa shape index (κ1) is 24.1. The molecule has 1 saturated heterocycles. The summed E-state index contributed by atoms with van der Waals surface area (Å²) >= 11 is 3.66. The molecular weight excluding hydrogens is 466 g/mol. The second-order valence-corrected chi connectivity index (χ2v) is 10.6. The van der Waals surface area contributed by atoms with Crippen LogP contribution >= 0.6 is 15.9 Å². The van der Waals surface area contributed by atoms with Crippen molar-refractivity contribution < 1.29 is 9.53 Å². The SMILES string of the molecule is Cc1cc(C)c(CC2(NC(=O)OC(C)(C)C)CCN(c3ccccc3C#N)CC2)cc1Br. The number of nitrogens with one attached hydrogen (secondary N) is 1. The first-order chi connectivity index (χ1) is 15.0. The highest BCUT2D eigenvalue weighted by atomic mass is 79.9. The molecule has 1 N–H and O–H groups in total. The van der Waals surface area contributed by atoms with E-state index in [1.165, 1.54) is 16.7 Å². The monoisotopic (exact) mass is 497 g/mol. The number of carbonyl (C=O) groups excluding carboxylic acids is 1. The van der Waals surface area contributed by atoms with Crippen LogP contribution < -0.4 is 10.2 Å². The zero-order valence-electron chi connectivity index (χ0n) is 19.6. The number of carbonyl (C=O) groups is 1. The van der Waals surface area contributed by atoms with Gasteiger partial charge in [0, 0.05) is 17.6 Å². The van der Waals surface area contributed by atoms with Gasteiger partial charge < -0.3 is 15.0 Å². The second kappa shape index (κ2) is 9.54. The average Bonchev–Trinajstić information content (AvgIpc) is 2.71. The van der Waals surface area contributed by atoms with E-state index in [-0.39, 0.29) is 6.09 Å². The summed E-state index contributed by atoms with van der Waals surface area (Å²) < 4.78 is 6.68. The van der Waals surface area contributed by atoms with Crippen molar-refractivity contribution in [1.82, 2.24) is 5.32 Å². The molecule has 1 aliphatic rings. The van der Waals surface area contributed by atoms with Crippen LogP contribution in [0.25, 0.3) is 0 Å². The molecule has 1 aliphatic heterocycles. The predicted octanol–water partition coefficient (Wildman–Crippen LogP) is 6.04. The van der Waals surface area contributed by atoms with E-state index < -0.39 is 11.1 Å². The van der Waals surface area contributed by atoms with E-state index in [0.29, 0.717) is 5.56 Å². The van der Waals surface area contributed by atoms with Crippen LogP contribution in [0, 0.1) is 25.2 Å². The molecule has 3 rings (SSSR count). The minimum atomic E-state index is -0.555. The van der Waals surface area contributed by atoms with E-state index in [2.05, 4.69) is 58.2 Å². The molecule has 1 amide bonds. The predicted molar refractivity (Wildman–Crippen MR) is 132 cm³/mol. The van der Waals surface area contributed by atoms with Crippen LogP contribution in [-0.2, 0) is 11.2 Å². The molecule has 6 heteroatoms. The number of piperidine rings is 1. The number of rotatable bonds is 4. The van der Waals surface area contributed by atoms with E-state index in [1.54, 1.807) is 0 Å². The smallest absolute Gasteiger partial charge is 0.408 e. The Hall–Kier alpha value is -2.52. The molecule has 170 valence electrons. The van der Waals surface area contributed by atoms with E-state index in [1.807, 2.05) is 45.0 Å². The first-order valence-corrected chi connectivity index (χ1v) is 11.8. The fourth-order valence-corrected chi connectivity index (χ4v) is 4.70. The number of anilines is 1. The second-order valence-electron chi connectivity index (χ2n) is 9.73. The van der Waals surface area contributed by atoms with Gasteiger partial charge >= 0.3 is 6.09 Å². The quantitative estimate of drug-likeness (QED) is 0.558. The van der Waals surface area contributed by atoms with Gasteiger partial charge in [-0.15, -0.1) is 0 Å². The zero-order valence-corrected chi connectivity index (χ0v) is 21.2. The van der Waals surface area contributed by atoms with E-state index in [0.717, 1.165) is 42.5 Å². The molecule has 0 saturated carbocycles. The lowest BCUT2D eigenvalue weighted by Gasteiger charge is -2.44. The highest BCUT2D eigenvalue weighted by Crippen LogP contribution is 2.33. The third-order valence-corrected chi connectivity index (χ3v) is 6.85. The Labute approximate surface area is 199 Å². The van der Waals surface area contributed by atoms with Crippen LogP contribution in [0.2, 0.25) is 0 Å². The van der Waals surface area contributed by atoms with Crippen molar-refractivity contribution >= 4 is 27.7 Å². The van der Waals surface area contributed by atoms with Crippen LogP contribution in [0.4, 0.5) is 10.5 Å². The molecule has 0 bridgehead atoms. The third kappa shape index (κ3) is 5.83. The Bertz CT molecular complexity index is 1030. The lowest BCUT2D eigenvalue weighted by atomic mass is 9.80. The number of alkyl carbamates (subject to hydrolysis) is 1. The molecule has 0 aromatic heterocycles. The molecule has 32 heavy (non-hydrogen) atoms. The molecule has 5 nitrogen and oxygen atoms in total. The van der Waals surface area contributed by atoms with Gasteiger partial charge in [-0.2, -0.15) is 5.26 Å². The standard InChI is InChI=1S/C26H32BrN3O2/c1-18-14-19(2)22(27)15-21(18)16-26(29-24(31)32-25(3,4)5)10-12-30(13-11-26)23-9-7-6-8-20(23)17-28/h6-9,14-15H,10-13,16H2,1-5H3,(H,29,31). The van der Waals surface area contributed by atoms with E-state index >= 15 is 0 Å². The van der Waals surface area contributed by atoms with Crippen molar-refractivity contribution in [2.45, 2.75) is 65.0 Å². The van der Waals surface area contributed by atoms with Gasteiger partial charge in [0.15, 0.2) is 0 Å². The molecule has 0 atom stereocenters. The summed E-state index contributed by atoms with van der Waals surface area (Å²) in [5, 5.41) is 12.7. The van der Waals surface area contributed by atoms with Crippen LogP contribution in [0.1, 0.15) is 55.9 Å². The number of nitrogens with zero attached hydrogens (tertiary/aromatic N) is 2. The lowest BCUT2D eigenvalue weighted by Crippen LogP contribution is -2.57. The van der Waals surface area contributed by atoms with Crippen molar-refractivity contribution in [2.75, 3.05) is 18.0 Å². The Kier molecular flexibility index (Phi) is 7.19. The summed E-state index contributed by atoms with van der Waals surface area (Å²) in [4.78, 5) is 15.0. The Morgan fingerprint density at radius 3 is 2.47 bits per heavy atom. The zero-order chi connectivity index (χ0) is 23.5. The Balaban J connectivity index is 1.86. The number of aryl methyl sites for hydroxylation is 2. The van der Waals surface area contributed by atoms with Crippen LogP contribution in [-0.4, -0.2) is 30.3 Å². The fraction of sp³-hybridized carbons (Fsp3) is 0.462. The number of ether oxygens (including phenoxy) is 1. The lowest BCUT2D eigenvalue weighted by molar-refractivity contribution is 0.0434. The van der Waals surface area contributed by atoms with E-state index in [9.17, 15) is 10.1 Å². The van der Waals surface area contributed by atoms with Crippen molar-refractivity contribution in [3.8, 4) is 6.07 Å². The number of hydrogen-bond acceptors (Lipinski definition) is 4. The van der Waals surface area contributed by atoms with Gasteiger partial charge in [0.2, 0.25) is 0 Å². The molecule has 2 aromatic carbocycles. The molecule has 2 aromatic rings. The molecule has 1 heterocycles. The average molecular weight is 498 g/mol. The number of amides is 1. The van der Waals surface area contributed by atoms with Crippen LogP contribution in [0.3, 0.4) is 0 Å². The number of halogens is 1. The summed E-state index contributed by atoms with van der Waals surface area (Å²) in [5.74, 6) is 0. The summed E-state index contributed by atoms with van der Waals surface area (Å²) in [6, 6.07) is 14.3. The first-order valence-electron chi connectivity index (χ1n) is 11.0. The third-order valence-electron chi connectivity index (χ3n) is 6.00. The van der Waals surface area contributed by atoms with Crippen molar-refractivity contribution in [2.24, 2.45) is 0 Å². The minimum Gasteiger partial charge on any atom is -0.444 e. The Morgan fingerprint density at radius 1 is 1.19 bits per heavy atom. The van der Waals surface area contributed by atoms with Gasteiger partial charge in [0.1, 0.15) is 11.7 Å². The number of benzene rings is 2. The van der Waals surface area contributed by atoms with Gasteiger partial charge in [-0.05, 0) is 88.8 Å². The molecule has 0 unspecified atom stereocenters. The topological polar surface area (TPSA) is 65.4 Å². The minimum absolute atomic E-state index is 0.382. The molecule has 0 spiro atoms. The number of para-hydroxylation sites is 1. The summed E-state index contributed by atoms with van der Waals surface area (Å²) in [6.07, 6.45) is 1.87. The molecular formula is C26H32BrN3O2. The maximum Gasteiger partial charge on any atom is 0.408 e. The molecule has 0 aliphatic carbocycles. The van der Waals surface area contributed by atoms with Crippen LogP contribution in [0.15, 0.2) is 40.9 Å². The molecule has 1 fully saturated rings. The van der Waals surface area contributed by atoms with Gasteiger partial charge in [-0.1, -0.05) is 34.1 Å². The molecule has 0 radical (unpaired) electrons. The van der Waals surface area contributed by atoms with Crippen molar-refractivity contribution in [3.05, 3.63) is 63.1 Å². The van der Waals surface area contributed by atoms with Gasteiger partial charge in [-0.25, -0.2) is 4.79 Å². The summed E-state index contributed by atoms with van der Waals surface area (Å²) in [5.41, 5.74) is 4.29. The number of nitriles is 1. The fourth-order valence-electron chi connectivity index (χ4n) is 4.31. The van der Waals surface area contributed by atoms with Gasteiger partial charge in [-0.3, -0.25) is 0 Å². The van der Waals surface area contributed by atoms with Crippen molar-refractivity contribution in [1.29, 1.82) is 5.26 Å². The normalized spacial score (nSPS) is 15.7. The van der Waals surface area contributed by atoms with Crippen LogP contribution in [0.5, 0.6) is 0 Å². The van der Waals surface area contributed by atoms with Crippen molar-refractivity contribution in [3.63, 3.8) is 0 Å².